The molecule has 1 aromatic carbocycles. The maximum absolute atomic E-state index is 12.6. The van der Waals surface area contributed by atoms with Crippen LogP contribution < -0.4 is 5.73 Å². The van der Waals surface area contributed by atoms with Crippen molar-refractivity contribution >= 4 is 21.6 Å². The molecular formula is C14H22ClN3O2S. The van der Waals surface area contributed by atoms with E-state index in [1.54, 1.807) is 12.1 Å². The third-order valence-corrected chi connectivity index (χ3v) is 6.13. The van der Waals surface area contributed by atoms with Gasteiger partial charge in [0.05, 0.1) is 4.90 Å². The van der Waals surface area contributed by atoms with Gasteiger partial charge in [-0.15, -0.1) is 0 Å². The van der Waals surface area contributed by atoms with Crippen LogP contribution in [0.5, 0.6) is 0 Å². The standard InChI is InChI=1S/C14H22ClN3O2S/c1-11(2)17-5-7-18(8-6-17)21(19,20)13-4-3-12(10-16)14(15)9-13/h3-4,9,11H,5-8,10,16H2,1-2H3. The van der Waals surface area contributed by atoms with Gasteiger partial charge in [0.15, 0.2) is 0 Å². The van der Waals surface area contributed by atoms with E-state index in [0.717, 1.165) is 18.7 Å². The van der Waals surface area contributed by atoms with Gasteiger partial charge in [0, 0.05) is 43.8 Å². The lowest BCUT2D eigenvalue weighted by Crippen LogP contribution is -2.50. The van der Waals surface area contributed by atoms with E-state index in [1.165, 1.54) is 10.4 Å². The van der Waals surface area contributed by atoms with Gasteiger partial charge >= 0.3 is 0 Å². The molecule has 0 aliphatic carbocycles. The van der Waals surface area contributed by atoms with Crippen LogP contribution in [-0.2, 0) is 16.6 Å². The summed E-state index contributed by atoms with van der Waals surface area (Å²) in [5, 5.41) is 0.402. The van der Waals surface area contributed by atoms with Crippen LogP contribution in [0.1, 0.15) is 19.4 Å². The van der Waals surface area contributed by atoms with Crippen molar-refractivity contribution in [2.45, 2.75) is 31.3 Å². The van der Waals surface area contributed by atoms with E-state index in [1.807, 2.05) is 0 Å². The average molecular weight is 332 g/mol. The summed E-state index contributed by atoms with van der Waals surface area (Å²) in [6.07, 6.45) is 0. The first kappa shape index (κ1) is 16.7. The maximum atomic E-state index is 12.6. The zero-order valence-corrected chi connectivity index (χ0v) is 14.0. The minimum absolute atomic E-state index is 0.239. The number of piperazine rings is 1. The van der Waals surface area contributed by atoms with E-state index in [0.29, 0.717) is 30.7 Å². The van der Waals surface area contributed by atoms with Crippen molar-refractivity contribution in [1.82, 2.24) is 9.21 Å². The van der Waals surface area contributed by atoms with Crippen molar-refractivity contribution in [3.8, 4) is 0 Å². The number of nitrogens with zero attached hydrogens (tertiary/aromatic N) is 2. The Hall–Kier alpha value is -0.660. The smallest absolute Gasteiger partial charge is 0.243 e. The van der Waals surface area contributed by atoms with Crippen LogP contribution in [0.15, 0.2) is 23.1 Å². The largest absolute Gasteiger partial charge is 0.326 e. The molecule has 0 bridgehead atoms. The fourth-order valence-corrected chi connectivity index (χ4v) is 4.23. The second kappa shape index (κ2) is 6.62. The number of nitrogens with two attached hydrogens (primary N) is 1. The van der Waals surface area contributed by atoms with Crippen LogP contribution >= 0.6 is 11.6 Å². The first-order chi connectivity index (χ1) is 9.86. The molecule has 1 aliphatic heterocycles. The Morgan fingerprint density at radius 3 is 2.33 bits per heavy atom. The van der Waals surface area contributed by atoms with Gasteiger partial charge in [0.25, 0.3) is 0 Å². The fraction of sp³-hybridized carbons (Fsp3) is 0.571. The van der Waals surface area contributed by atoms with Gasteiger partial charge < -0.3 is 5.73 Å². The van der Waals surface area contributed by atoms with Crippen molar-refractivity contribution in [3.05, 3.63) is 28.8 Å². The molecular weight excluding hydrogens is 310 g/mol. The molecule has 1 heterocycles. The molecule has 1 aliphatic rings. The number of hydrogen-bond donors (Lipinski definition) is 1. The Morgan fingerprint density at radius 2 is 1.86 bits per heavy atom. The molecule has 5 nitrogen and oxygen atoms in total. The average Bonchev–Trinajstić information content (AvgIpc) is 2.47. The predicted molar refractivity (Wildman–Crippen MR) is 84.8 cm³/mol. The fourth-order valence-electron chi connectivity index (χ4n) is 2.46. The van der Waals surface area contributed by atoms with Crippen LogP contribution in [0.3, 0.4) is 0 Å². The SMILES string of the molecule is CC(C)N1CCN(S(=O)(=O)c2ccc(CN)c(Cl)c2)CC1. The minimum Gasteiger partial charge on any atom is -0.326 e. The van der Waals surface area contributed by atoms with Crippen molar-refractivity contribution in [3.63, 3.8) is 0 Å². The molecule has 118 valence electrons. The Balaban J connectivity index is 2.17. The van der Waals surface area contributed by atoms with E-state index in [2.05, 4.69) is 18.7 Å². The highest BCUT2D eigenvalue weighted by molar-refractivity contribution is 7.89. The van der Waals surface area contributed by atoms with E-state index < -0.39 is 10.0 Å². The Morgan fingerprint density at radius 1 is 1.24 bits per heavy atom. The molecule has 2 N–H and O–H groups in total. The summed E-state index contributed by atoms with van der Waals surface area (Å²) in [5.41, 5.74) is 6.30. The van der Waals surface area contributed by atoms with Crippen LogP contribution in [0, 0.1) is 0 Å². The summed E-state index contributed by atoms with van der Waals surface area (Å²) >= 11 is 6.07. The van der Waals surface area contributed by atoms with Crippen LogP contribution in [-0.4, -0.2) is 49.8 Å². The van der Waals surface area contributed by atoms with Crippen molar-refractivity contribution in [2.24, 2.45) is 5.73 Å². The summed E-state index contributed by atoms with van der Waals surface area (Å²) < 4.78 is 26.8. The highest BCUT2D eigenvalue weighted by atomic mass is 35.5. The molecule has 7 heteroatoms. The molecule has 0 spiro atoms. The van der Waals surface area contributed by atoms with Gasteiger partial charge in [-0.3, -0.25) is 4.90 Å². The lowest BCUT2D eigenvalue weighted by atomic mass is 10.2. The van der Waals surface area contributed by atoms with Crippen molar-refractivity contribution in [2.75, 3.05) is 26.2 Å². The third kappa shape index (κ3) is 3.57. The predicted octanol–water partition coefficient (Wildman–Crippen LogP) is 1.51. The lowest BCUT2D eigenvalue weighted by Gasteiger charge is -2.36. The highest BCUT2D eigenvalue weighted by Gasteiger charge is 2.29. The summed E-state index contributed by atoms with van der Waals surface area (Å²) in [7, 11) is -3.48. The highest BCUT2D eigenvalue weighted by Crippen LogP contribution is 2.24. The monoisotopic (exact) mass is 331 g/mol. The van der Waals surface area contributed by atoms with E-state index >= 15 is 0 Å². The molecule has 0 atom stereocenters. The number of rotatable bonds is 4. The maximum Gasteiger partial charge on any atom is 0.243 e. The van der Waals surface area contributed by atoms with Gasteiger partial charge in [-0.1, -0.05) is 17.7 Å². The normalized spacial score (nSPS) is 18.3. The van der Waals surface area contributed by atoms with Gasteiger partial charge in [-0.2, -0.15) is 4.31 Å². The Labute approximate surface area is 131 Å². The summed E-state index contributed by atoms with van der Waals surface area (Å²) in [6.45, 7) is 7.07. The Bertz CT molecular complexity index is 596. The van der Waals surface area contributed by atoms with E-state index in [4.69, 9.17) is 17.3 Å². The molecule has 0 radical (unpaired) electrons. The number of sulfonamides is 1. The molecule has 2 rings (SSSR count). The number of benzene rings is 1. The number of halogens is 1. The second-order valence-electron chi connectivity index (χ2n) is 5.49. The van der Waals surface area contributed by atoms with Gasteiger partial charge in [-0.05, 0) is 31.5 Å². The molecule has 0 unspecified atom stereocenters. The summed E-state index contributed by atoms with van der Waals surface area (Å²) in [6, 6.07) is 5.19. The first-order valence-corrected chi connectivity index (χ1v) is 8.90. The van der Waals surface area contributed by atoms with Crippen LogP contribution in [0.4, 0.5) is 0 Å². The van der Waals surface area contributed by atoms with Crippen LogP contribution in [0.2, 0.25) is 5.02 Å². The molecule has 0 amide bonds. The quantitative estimate of drug-likeness (QED) is 0.908. The summed E-state index contributed by atoms with van der Waals surface area (Å²) in [4.78, 5) is 2.51. The van der Waals surface area contributed by atoms with Gasteiger partial charge in [-0.25, -0.2) is 8.42 Å². The zero-order chi connectivity index (χ0) is 15.6. The molecule has 1 fully saturated rings. The minimum atomic E-state index is -3.48. The van der Waals surface area contributed by atoms with Gasteiger partial charge in [0.1, 0.15) is 0 Å². The molecule has 21 heavy (non-hydrogen) atoms. The van der Waals surface area contributed by atoms with E-state index in [9.17, 15) is 8.42 Å². The topological polar surface area (TPSA) is 66.6 Å². The second-order valence-corrected chi connectivity index (χ2v) is 7.84. The molecule has 0 aromatic heterocycles. The lowest BCUT2D eigenvalue weighted by molar-refractivity contribution is 0.154. The molecule has 1 aromatic rings. The molecule has 0 saturated carbocycles. The van der Waals surface area contributed by atoms with Gasteiger partial charge in [0.2, 0.25) is 10.0 Å². The third-order valence-electron chi connectivity index (χ3n) is 3.89. The van der Waals surface area contributed by atoms with Crippen LogP contribution in [0.25, 0.3) is 0 Å². The van der Waals surface area contributed by atoms with Crippen molar-refractivity contribution < 1.29 is 8.42 Å². The number of hydrogen-bond acceptors (Lipinski definition) is 4. The summed E-state index contributed by atoms with van der Waals surface area (Å²) in [5.74, 6) is 0. The van der Waals surface area contributed by atoms with E-state index in [-0.39, 0.29) is 4.90 Å². The zero-order valence-electron chi connectivity index (χ0n) is 12.4. The first-order valence-electron chi connectivity index (χ1n) is 7.09. The molecule has 1 saturated heterocycles. The Kier molecular flexibility index (Phi) is 5.27. The van der Waals surface area contributed by atoms with Crippen molar-refractivity contribution in [1.29, 1.82) is 0 Å².